The molecule has 0 aliphatic rings. The Morgan fingerprint density at radius 3 is 1.82 bits per heavy atom. The van der Waals surface area contributed by atoms with Gasteiger partial charge in [-0.05, 0) is 34.1 Å². The first-order chi connectivity index (χ1) is 8.08. The minimum Gasteiger partial charge on any atom is -0.308 e. The Labute approximate surface area is 108 Å². The highest BCUT2D eigenvalue weighted by molar-refractivity contribution is 6.15. The Hall–Kier alpha value is -1.18. The lowest BCUT2D eigenvalue weighted by Gasteiger charge is -2.05. The van der Waals surface area contributed by atoms with Crippen molar-refractivity contribution in [3.8, 4) is 0 Å². The lowest BCUT2D eigenvalue weighted by Crippen LogP contribution is -2.05. The molecular weight excluding hydrogens is 208 g/mol. The van der Waals surface area contributed by atoms with Crippen LogP contribution in [0.3, 0.4) is 0 Å². The smallest absolute Gasteiger partial charge is 0.0432 e. The first-order valence-electron chi connectivity index (χ1n) is 6.37. The summed E-state index contributed by atoms with van der Waals surface area (Å²) in [6.45, 7) is 18.2. The first kappa shape index (κ1) is 21.1. The normalized spacial score (nSPS) is 9.00. The highest BCUT2D eigenvalue weighted by atomic mass is 14.7. The molecule has 0 radical (unpaired) electrons. The summed E-state index contributed by atoms with van der Waals surface area (Å²) in [6, 6.07) is 0. The molecule has 2 nitrogen and oxygen atoms in total. The van der Waals surface area contributed by atoms with Crippen molar-refractivity contribution in [1.29, 1.82) is 5.41 Å². The predicted octanol–water partition coefficient (Wildman–Crippen LogP) is 5.06. The zero-order valence-corrected chi connectivity index (χ0v) is 12.7. The van der Waals surface area contributed by atoms with E-state index in [4.69, 9.17) is 5.41 Å². The zero-order valence-electron chi connectivity index (χ0n) is 12.7. The summed E-state index contributed by atoms with van der Waals surface area (Å²) in [5, 5.41) is 7.24. The fourth-order valence-corrected chi connectivity index (χ4v) is 1.09. The van der Waals surface area contributed by atoms with Crippen LogP contribution in [0, 0.1) is 5.41 Å². The SMILES string of the molecule is C=CC.CC.CCN=C(CC)C(C=N)=C(C)C. The van der Waals surface area contributed by atoms with Gasteiger partial charge in [-0.25, -0.2) is 0 Å². The molecule has 0 fully saturated rings. The van der Waals surface area contributed by atoms with Gasteiger partial charge in [-0.2, -0.15) is 0 Å². The molecule has 0 spiro atoms. The molecule has 0 aliphatic carbocycles. The molecule has 0 amide bonds. The molecule has 0 aromatic rings. The number of hydrogen-bond donors (Lipinski definition) is 1. The first-order valence-corrected chi connectivity index (χ1v) is 6.37. The van der Waals surface area contributed by atoms with E-state index < -0.39 is 0 Å². The van der Waals surface area contributed by atoms with Crippen molar-refractivity contribution in [2.24, 2.45) is 4.99 Å². The highest BCUT2D eigenvalue weighted by Gasteiger charge is 2.02. The average Bonchev–Trinajstić information content (AvgIpc) is 2.32. The Balaban J connectivity index is -0.000000337. The van der Waals surface area contributed by atoms with E-state index in [1.807, 2.05) is 41.5 Å². The summed E-state index contributed by atoms with van der Waals surface area (Å²) < 4.78 is 0. The standard InChI is InChI=1S/C10H18N2.C3H6.C2H6/c1-5-10(12-6-2)9(7-11)8(3)4;1-3-2;1-2/h7,11H,5-6H2,1-4H3;3H,1H2,2H3;1-2H3. The van der Waals surface area contributed by atoms with Gasteiger partial charge in [0.1, 0.15) is 0 Å². The van der Waals surface area contributed by atoms with Crippen LogP contribution in [0.15, 0.2) is 28.8 Å². The third-order valence-electron chi connectivity index (χ3n) is 1.68. The van der Waals surface area contributed by atoms with Crippen LogP contribution in [-0.4, -0.2) is 18.5 Å². The van der Waals surface area contributed by atoms with Gasteiger partial charge < -0.3 is 5.41 Å². The van der Waals surface area contributed by atoms with Gasteiger partial charge in [-0.15, -0.1) is 6.58 Å². The van der Waals surface area contributed by atoms with Crippen molar-refractivity contribution in [3.63, 3.8) is 0 Å². The lowest BCUT2D eigenvalue weighted by atomic mass is 10.0. The number of allylic oxidation sites excluding steroid dienone is 3. The molecule has 0 rings (SSSR count). The average molecular weight is 238 g/mol. The molecule has 0 unspecified atom stereocenters. The van der Waals surface area contributed by atoms with E-state index in [2.05, 4.69) is 18.5 Å². The molecule has 2 heteroatoms. The third kappa shape index (κ3) is 12.8. The summed E-state index contributed by atoms with van der Waals surface area (Å²) >= 11 is 0. The van der Waals surface area contributed by atoms with Crippen molar-refractivity contribution < 1.29 is 0 Å². The second kappa shape index (κ2) is 17.2. The molecule has 0 aromatic heterocycles. The van der Waals surface area contributed by atoms with Crippen LogP contribution >= 0.6 is 0 Å². The molecule has 17 heavy (non-hydrogen) atoms. The molecule has 0 saturated carbocycles. The molecule has 1 N–H and O–H groups in total. The van der Waals surface area contributed by atoms with Gasteiger partial charge in [-0.3, -0.25) is 4.99 Å². The van der Waals surface area contributed by atoms with Gasteiger partial charge in [0, 0.05) is 24.0 Å². The van der Waals surface area contributed by atoms with Crippen molar-refractivity contribution in [3.05, 3.63) is 23.8 Å². The summed E-state index contributed by atoms with van der Waals surface area (Å²) in [4.78, 5) is 4.34. The zero-order chi connectivity index (χ0) is 14.3. The Bertz CT molecular complexity index is 244. The Morgan fingerprint density at radius 1 is 1.24 bits per heavy atom. The van der Waals surface area contributed by atoms with Gasteiger partial charge in [0.2, 0.25) is 0 Å². The second-order valence-electron chi connectivity index (χ2n) is 3.24. The van der Waals surface area contributed by atoms with Crippen molar-refractivity contribution in [1.82, 2.24) is 0 Å². The number of aliphatic imine (C=N–C) groups is 1. The monoisotopic (exact) mass is 238 g/mol. The molecule has 0 aromatic carbocycles. The van der Waals surface area contributed by atoms with Crippen LogP contribution in [0.25, 0.3) is 0 Å². The number of hydrogen-bond acceptors (Lipinski definition) is 2. The number of nitrogens with one attached hydrogen (secondary N) is 1. The van der Waals surface area contributed by atoms with Crippen LogP contribution in [0.1, 0.15) is 54.9 Å². The quantitative estimate of drug-likeness (QED) is 0.525. The Kier molecular flexibility index (Phi) is 21.4. The van der Waals surface area contributed by atoms with E-state index in [0.29, 0.717) is 0 Å². The maximum atomic E-state index is 7.24. The third-order valence-corrected chi connectivity index (χ3v) is 1.68. The van der Waals surface area contributed by atoms with E-state index in [-0.39, 0.29) is 0 Å². The van der Waals surface area contributed by atoms with E-state index in [1.165, 1.54) is 11.8 Å². The van der Waals surface area contributed by atoms with Crippen molar-refractivity contribution >= 4 is 11.9 Å². The number of rotatable bonds is 4. The summed E-state index contributed by atoms with van der Waals surface area (Å²) in [5.74, 6) is 0. The fourth-order valence-electron chi connectivity index (χ4n) is 1.09. The lowest BCUT2D eigenvalue weighted by molar-refractivity contribution is 1.10. The number of nitrogens with zero attached hydrogens (tertiary/aromatic N) is 1. The molecule has 0 atom stereocenters. The van der Waals surface area contributed by atoms with E-state index in [1.54, 1.807) is 6.08 Å². The van der Waals surface area contributed by atoms with Crippen LogP contribution in [0.5, 0.6) is 0 Å². The minimum atomic E-state index is 0.799. The van der Waals surface area contributed by atoms with Gasteiger partial charge in [0.25, 0.3) is 0 Å². The van der Waals surface area contributed by atoms with Crippen LogP contribution in [-0.2, 0) is 0 Å². The summed E-state index contributed by atoms with van der Waals surface area (Å²) in [7, 11) is 0. The van der Waals surface area contributed by atoms with E-state index in [9.17, 15) is 0 Å². The van der Waals surface area contributed by atoms with Crippen LogP contribution < -0.4 is 0 Å². The predicted molar refractivity (Wildman–Crippen MR) is 82.6 cm³/mol. The molecule has 0 heterocycles. The van der Waals surface area contributed by atoms with Gasteiger partial charge >= 0.3 is 0 Å². The maximum absolute atomic E-state index is 7.24. The topological polar surface area (TPSA) is 36.2 Å². The Morgan fingerprint density at radius 2 is 1.65 bits per heavy atom. The minimum absolute atomic E-state index is 0.799. The fraction of sp³-hybridized carbons (Fsp3) is 0.600. The molecule has 0 bridgehead atoms. The molecule has 100 valence electrons. The highest BCUT2D eigenvalue weighted by Crippen LogP contribution is 2.06. The van der Waals surface area contributed by atoms with E-state index >= 15 is 0 Å². The van der Waals surface area contributed by atoms with Crippen molar-refractivity contribution in [2.75, 3.05) is 6.54 Å². The molecule has 0 aliphatic heterocycles. The molecular formula is C15H30N2. The summed E-state index contributed by atoms with van der Waals surface area (Å²) in [5.41, 5.74) is 3.20. The van der Waals surface area contributed by atoms with E-state index in [0.717, 1.165) is 24.3 Å². The van der Waals surface area contributed by atoms with Crippen LogP contribution in [0.2, 0.25) is 0 Å². The van der Waals surface area contributed by atoms with Gasteiger partial charge in [0.15, 0.2) is 0 Å². The van der Waals surface area contributed by atoms with Crippen molar-refractivity contribution in [2.45, 2.75) is 54.9 Å². The maximum Gasteiger partial charge on any atom is 0.0432 e. The molecule has 0 saturated heterocycles. The van der Waals surface area contributed by atoms with Crippen LogP contribution in [0.4, 0.5) is 0 Å². The summed E-state index contributed by atoms with van der Waals surface area (Å²) in [6.07, 6.45) is 4.05. The van der Waals surface area contributed by atoms with Gasteiger partial charge in [-0.1, -0.05) is 32.4 Å². The second-order valence-corrected chi connectivity index (χ2v) is 3.24. The largest absolute Gasteiger partial charge is 0.308 e. The van der Waals surface area contributed by atoms with Gasteiger partial charge in [0.05, 0.1) is 0 Å².